The van der Waals surface area contributed by atoms with Gasteiger partial charge in [0.1, 0.15) is 6.61 Å². The SMILES string of the molecule is O=C1c2cccc3c(N4CCCCC4)ccc(c23)C(=O)N1CCOC(=O)C12CC3CC(CC(C3)C1)C2. The van der Waals surface area contributed by atoms with Gasteiger partial charge in [0.25, 0.3) is 11.8 Å². The number of carbonyl (C=O) groups is 3. The van der Waals surface area contributed by atoms with E-state index in [1.165, 1.54) is 30.6 Å². The first-order chi connectivity index (χ1) is 17.5. The third-order valence-corrected chi connectivity index (χ3v) is 9.68. The molecule has 2 amide bonds. The number of hydrogen-bond acceptors (Lipinski definition) is 5. The van der Waals surface area contributed by atoms with Gasteiger partial charge in [-0.05, 0) is 93.7 Å². The molecule has 36 heavy (non-hydrogen) atoms. The summed E-state index contributed by atoms with van der Waals surface area (Å²) in [5.41, 5.74) is 1.91. The number of rotatable bonds is 5. The van der Waals surface area contributed by atoms with Crippen LogP contribution in [0.25, 0.3) is 10.8 Å². The highest BCUT2D eigenvalue weighted by molar-refractivity contribution is 6.26. The second-order valence-corrected chi connectivity index (χ2v) is 12.0. The fourth-order valence-corrected chi connectivity index (χ4v) is 8.49. The van der Waals surface area contributed by atoms with Crippen LogP contribution in [-0.2, 0) is 9.53 Å². The molecule has 6 heteroatoms. The second-order valence-electron chi connectivity index (χ2n) is 12.0. The topological polar surface area (TPSA) is 66.9 Å². The minimum Gasteiger partial charge on any atom is -0.463 e. The largest absolute Gasteiger partial charge is 0.463 e. The Hall–Kier alpha value is -2.89. The number of piperidine rings is 1. The van der Waals surface area contributed by atoms with Crippen LogP contribution in [0.3, 0.4) is 0 Å². The van der Waals surface area contributed by atoms with E-state index in [2.05, 4.69) is 4.90 Å². The molecule has 0 atom stereocenters. The van der Waals surface area contributed by atoms with Gasteiger partial charge >= 0.3 is 5.97 Å². The van der Waals surface area contributed by atoms with Crippen LogP contribution >= 0.6 is 0 Å². The van der Waals surface area contributed by atoms with E-state index in [0.29, 0.717) is 28.9 Å². The van der Waals surface area contributed by atoms with Gasteiger partial charge in [-0.25, -0.2) is 0 Å². The lowest BCUT2D eigenvalue weighted by Crippen LogP contribution is -2.51. The van der Waals surface area contributed by atoms with Gasteiger partial charge in [0, 0.05) is 40.7 Å². The van der Waals surface area contributed by atoms with Gasteiger partial charge < -0.3 is 9.64 Å². The van der Waals surface area contributed by atoms with Crippen LogP contribution < -0.4 is 4.90 Å². The summed E-state index contributed by atoms with van der Waals surface area (Å²) in [4.78, 5) is 43.8. The Morgan fingerprint density at radius 2 is 1.50 bits per heavy atom. The lowest BCUT2D eigenvalue weighted by Gasteiger charge is -2.55. The predicted molar refractivity (Wildman–Crippen MR) is 137 cm³/mol. The molecule has 188 valence electrons. The van der Waals surface area contributed by atoms with Gasteiger partial charge in [0.05, 0.1) is 12.0 Å². The van der Waals surface area contributed by atoms with Crippen LogP contribution in [0.5, 0.6) is 0 Å². The van der Waals surface area contributed by atoms with E-state index in [0.717, 1.165) is 61.7 Å². The average Bonchev–Trinajstić information content (AvgIpc) is 2.88. The number of carbonyl (C=O) groups excluding carboxylic acids is 3. The maximum absolute atomic E-state index is 13.4. The van der Waals surface area contributed by atoms with E-state index in [1.54, 1.807) is 0 Å². The smallest absolute Gasteiger partial charge is 0.312 e. The molecule has 0 unspecified atom stereocenters. The lowest BCUT2D eigenvalue weighted by atomic mass is 9.49. The van der Waals surface area contributed by atoms with Gasteiger partial charge in [0.15, 0.2) is 0 Å². The van der Waals surface area contributed by atoms with Crippen molar-refractivity contribution in [1.82, 2.24) is 4.90 Å². The van der Waals surface area contributed by atoms with Crippen LogP contribution in [0.15, 0.2) is 30.3 Å². The van der Waals surface area contributed by atoms with Crippen molar-refractivity contribution in [3.63, 3.8) is 0 Å². The maximum atomic E-state index is 13.4. The fourth-order valence-electron chi connectivity index (χ4n) is 8.49. The third kappa shape index (κ3) is 3.40. The summed E-state index contributed by atoms with van der Waals surface area (Å²) in [6.07, 6.45) is 10.2. The van der Waals surface area contributed by atoms with Crippen LogP contribution in [0.4, 0.5) is 5.69 Å². The first-order valence-electron chi connectivity index (χ1n) is 13.9. The molecule has 8 rings (SSSR count). The summed E-state index contributed by atoms with van der Waals surface area (Å²) in [5.74, 6) is 1.31. The molecule has 4 aliphatic carbocycles. The van der Waals surface area contributed by atoms with Crippen molar-refractivity contribution in [2.75, 3.05) is 31.1 Å². The Morgan fingerprint density at radius 1 is 0.861 bits per heavy atom. The summed E-state index contributed by atoms with van der Waals surface area (Å²) in [6.45, 7) is 2.16. The summed E-state index contributed by atoms with van der Waals surface area (Å²) in [6, 6.07) is 9.66. The monoisotopic (exact) mass is 486 g/mol. The molecule has 4 bridgehead atoms. The number of imide groups is 1. The average molecular weight is 487 g/mol. The summed E-state index contributed by atoms with van der Waals surface area (Å²) < 4.78 is 5.79. The summed E-state index contributed by atoms with van der Waals surface area (Å²) in [7, 11) is 0. The van der Waals surface area contributed by atoms with Gasteiger partial charge in [-0.15, -0.1) is 0 Å². The third-order valence-electron chi connectivity index (χ3n) is 9.68. The van der Waals surface area contributed by atoms with E-state index in [4.69, 9.17) is 4.74 Å². The molecule has 2 aromatic carbocycles. The molecule has 0 N–H and O–H groups in total. The fraction of sp³-hybridized carbons (Fsp3) is 0.567. The molecule has 0 spiro atoms. The standard InChI is InChI=1S/C30H34N2O4/c33-27-23-6-4-5-22-25(31-9-2-1-3-10-31)8-7-24(26(22)23)28(34)32(27)11-12-36-29(35)30-16-19-13-20(17-30)15-21(14-19)18-30/h4-8,19-21H,1-3,9-18H2. The van der Waals surface area contributed by atoms with Gasteiger partial charge in [0.2, 0.25) is 0 Å². The highest BCUT2D eigenvalue weighted by Crippen LogP contribution is 2.60. The molecule has 2 aliphatic heterocycles. The molecular formula is C30H34N2O4. The van der Waals surface area contributed by atoms with E-state index >= 15 is 0 Å². The Labute approximate surface area is 212 Å². The molecule has 2 aromatic rings. The van der Waals surface area contributed by atoms with E-state index in [-0.39, 0.29) is 36.4 Å². The molecule has 0 aromatic heterocycles. The minimum atomic E-state index is -0.326. The zero-order chi connectivity index (χ0) is 24.4. The Balaban J connectivity index is 1.09. The van der Waals surface area contributed by atoms with Crippen molar-refractivity contribution in [2.45, 2.75) is 57.8 Å². The Bertz CT molecular complexity index is 1200. The van der Waals surface area contributed by atoms with Crippen molar-refractivity contribution in [3.05, 3.63) is 41.5 Å². The predicted octanol–water partition coefficient (Wildman–Crippen LogP) is 5.19. The quantitative estimate of drug-likeness (QED) is 0.430. The van der Waals surface area contributed by atoms with Crippen LogP contribution in [0.2, 0.25) is 0 Å². The molecule has 1 saturated heterocycles. The number of anilines is 1. The number of esters is 1. The Kier molecular flexibility index (Phi) is 5.16. The molecule has 2 heterocycles. The highest BCUT2D eigenvalue weighted by Gasteiger charge is 2.55. The lowest BCUT2D eigenvalue weighted by molar-refractivity contribution is -0.171. The number of benzene rings is 2. The second kappa shape index (κ2) is 8.32. The summed E-state index contributed by atoms with van der Waals surface area (Å²) in [5, 5.41) is 1.74. The van der Waals surface area contributed by atoms with Crippen molar-refractivity contribution in [3.8, 4) is 0 Å². The van der Waals surface area contributed by atoms with E-state index in [1.807, 2.05) is 30.3 Å². The molecule has 4 saturated carbocycles. The van der Waals surface area contributed by atoms with Gasteiger partial charge in [-0.1, -0.05) is 12.1 Å². The first-order valence-corrected chi connectivity index (χ1v) is 13.9. The number of amides is 2. The normalized spacial score (nSPS) is 30.8. The van der Waals surface area contributed by atoms with Crippen LogP contribution in [-0.4, -0.2) is 48.9 Å². The maximum Gasteiger partial charge on any atom is 0.312 e. The molecular weight excluding hydrogens is 452 g/mol. The molecule has 6 nitrogen and oxygen atoms in total. The zero-order valence-electron chi connectivity index (χ0n) is 20.8. The van der Waals surface area contributed by atoms with Crippen molar-refractivity contribution < 1.29 is 19.1 Å². The van der Waals surface area contributed by atoms with Crippen molar-refractivity contribution in [1.29, 1.82) is 0 Å². The highest BCUT2D eigenvalue weighted by atomic mass is 16.5. The van der Waals surface area contributed by atoms with Crippen LogP contribution in [0.1, 0.15) is 78.5 Å². The van der Waals surface area contributed by atoms with E-state index < -0.39 is 0 Å². The van der Waals surface area contributed by atoms with Crippen molar-refractivity contribution >= 4 is 34.2 Å². The van der Waals surface area contributed by atoms with Crippen LogP contribution in [0, 0.1) is 23.2 Å². The molecule has 0 radical (unpaired) electrons. The van der Waals surface area contributed by atoms with E-state index in [9.17, 15) is 14.4 Å². The zero-order valence-corrected chi connectivity index (χ0v) is 20.8. The van der Waals surface area contributed by atoms with Crippen molar-refractivity contribution in [2.24, 2.45) is 23.2 Å². The first kappa shape index (κ1) is 22.3. The summed E-state index contributed by atoms with van der Waals surface area (Å²) >= 11 is 0. The van der Waals surface area contributed by atoms with Gasteiger partial charge in [-0.2, -0.15) is 0 Å². The molecule has 6 aliphatic rings. The Morgan fingerprint density at radius 3 is 2.17 bits per heavy atom. The number of ether oxygens (including phenoxy) is 1. The van der Waals surface area contributed by atoms with Gasteiger partial charge in [-0.3, -0.25) is 19.3 Å². The number of hydrogen-bond donors (Lipinski definition) is 0. The molecule has 5 fully saturated rings. The minimum absolute atomic E-state index is 0.0647. The number of nitrogens with zero attached hydrogens (tertiary/aromatic N) is 2.